The van der Waals surface area contributed by atoms with Crippen molar-refractivity contribution >= 4 is 27.6 Å². The Kier molecular flexibility index (Phi) is 6.59. The monoisotopic (exact) mass is 601 g/mol. The molecule has 232 valence electrons. The number of aromatic nitrogens is 5. The van der Waals surface area contributed by atoms with Crippen molar-refractivity contribution in [2.75, 3.05) is 44.8 Å². The maximum absolute atomic E-state index is 17.0. The second kappa shape index (κ2) is 10.3. The molecule has 0 spiro atoms. The Morgan fingerprint density at radius 1 is 1.14 bits per heavy atom. The van der Waals surface area contributed by atoms with Gasteiger partial charge in [0.1, 0.15) is 23.6 Å². The van der Waals surface area contributed by atoms with Crippen molar-refractivity contribution in [1.82, 2.24) is 30.0 Å². The van der Waals surface area contributed by atoms with Crippen LogP contribution in [0.15, 0.2) is 18.5 Å². The number of halogens is 1. The Bertz CT molecular complexity index is 1750. The lowest BCUT2D eigenvalue weighted by Gasteiger charge is -2.38. The number of methoxy groups -OCH3 is 1. The van der Waals surface area contributed by atoms with Gasteiger partial charge in [0, 0.05) is 43.9 Å². The summed E-state index contributed by atoms with van der Waals surface area (Å²) in [7, 11) is 1.77. The molecule has 0 bridgehead atoms. The van der Waals surface area contributed by atoms with E-state index in [2.05, 4.69) is 28.1 Å². The number of nitrogens with one attached hydrogen (secondary N) is 1. The third-order valence-electron chi connectivity index (χ3n) is 10.4. The molecule has 2 N–H and O–H groups in total. The lowest BCUT2D eigenvalue weighted by Crippen LogP contribution is -2.46. The fourth-order valence-electron chi connectivity index (χ4n) is 8.12. The Hall–Kier alpha value is -3.41. The normalized spacial score (nSPS) is 27.5. The molecule has 0 amide bonds. The molecule has 0 radical (unpaired) electrons. The van der Waals surface area contributed by atoms with Crippen molar-refractivity contribution in [3.05, 3.63) is 35.4 Å². The minimum Gasteiger partial charge on any atom is -0.461 e. The van der Waals surface area contributed by atoms with Gasteiger partial charge in [0.15, 0.2) is 5.82 Å². The second-order valence-electron chi connectivity index (χ2n) is 13.7. The molecule has 44 heavy (non-hydrogen) atoms. The third kappa shape index (κ3) is 4.62. The number of rotatable bonds is 7. The number of nitrogens with zero attached hydrogens (tertiary/aromatic N) is 6. The molecule has 3 saturated heterocycles. The summed E-state index contributed by atoms with van der Waals surface area (Å²) in [6.45, 7) is 7.30. The van der Waals surface area contributed by atoms with Gasteiger partial charge in [0.2, 0.25) is 0 Å². The van der Waals surface area contributed by atoms with Gasteiger partial charge in [-0.2, -0.15) is 15.1 Å². The molecule has 3 atom stereocenters. The molecule has 1 aromatic carbocycles. The highest BCUT2D eigenvalue weighted by molar-refractivity contribution is 5.99. The first kappa shape index (κ1) is 28.1. The van der Waals surface area contributed by atoms with Gasteiger partial charge in [0.05, 0.1) is 34.3 Å². The number of β-amino-alcohol motifs (C(OH)–C–C–N with tert-alkyl or cyclic N) is 1. The van der Waals surface area contributed by atoms with E-state index in [1.54, 1.807) is 19.5 Å². The van der Waals surface area contributed by atoms with Crippen LogP contribution in [0.3, 0.4) is 0 Å². The van der Waals surface area contributed by atoms with E-state index in [0.29, 0.717) is 43.2 Å². The van der Waals surface area contributed by atoms with Gasteiger partial charge >= 0.3 is 6.01 Å². The quantitative estimate of drug-likeness (QED) is 0.306. The fraction of sp³-hybridized carbons (Fsp3) is 0.576. The molecule has 0 unspecified atom stereocenters. The smallest absolute Gasteiger partial charge is 0.319 e. The Balaban J connectivity index is 1.26. The van der Waals surface area contributed by atoms with Crippen molar-refractivity contribution in [1.29, 1.82) is 0 Å². The standard InChI is InChI=1S/C33H40FN7O3/c1-19-12-24-22(15-36-39-24)26(25(19)20-6-7-20)29-27(34)28-23(14-35-29)30(40-10-4-8-32(2,42)17-40)38-31(37-28)44-18-33-9-5-11-41(33)16-21(13-33)43-3/h12,14-15,20-21,42H,4-11,13,16-18H2,1-3H3,(H,36,39)/t21-,32-,33-/m1/s1. The summed E-state index contributed by atoms with van der Waals surface area (Å²) in [5.74, 6) is 0.438. The number of pyridine rings is 1. The number of fused-ring (bicyclic) bond motifs is 3. The van der Waals surface area contributed by atoms with Crippen LogP contribution >= 0.6 is 0 Å². The number of aliphatic hydroxyl groups is 1. The van der Waals surface area contributed by atoms with Crippen molar-refractivity contribution < 1.29 is 19.0 Å². The highest BCUT2D eigenvalue weighted by Gasteiger charge is 2.49. The van der Waals surface area contributed by atoms with Crippen LogP contribution in [0.25, 0.3) is 33.1 Å². The molecule has 1 aliphatic carbocycles. The predicted molar refractivity (Wildman–Crippen MR) is 166 cm³/mol. The Labute approximate surface area is 256 Å². The summed E-state index contributed by atoms with van der Waals surface area (Å²) < 4.78 is 29.1. The average molecular weight is 602 g/mol. The van der Waals surface area contributed by atoms with Crippen LogP contribution in [0.4, 0.5) is 10.2 Å². The molecule has 8 rings (SSSR count). The van der Waals surface area contributed by atoms with Crippen LogP contribution < -0.4 is 9.64 Å². The zero-order valence-corrected chi connectivity index (χ0v) is 25.7. The number of benzene rings is 1. The molecule has 3 aromatic heterocycles. The van der Waals surface area contributed by atoms with E-state index < -0.39 is 11.4 Å². The van der Waals surface area contributed by atoms with E-state index in [-0.39, 0.29) is 28.9 Å². The van der Waals surface area contributed by atoms with Crippen molar-refractivity contribution in [2.24, 2.45) is 0 Å². The summed E-state index contributed by atoms with van der Waals surface area (Å²) >= 11 is 0. The van der Waals surface area contributed by atoms with Crippen LogP contribution in [0.5, 0.6) is 6.01 Å². The molecule has 6 heterocycles. The number of hydrogen-bond acceptors (Lipinski definition) is 9. The van der Waals surface area contributed by atoms with Crippen LogP contribution in [0.1, 0.15) is 68.9 Å². The lowest BCUT2D eigenvalue weighted by atomic mass is 9.92. The van der Waals surface area contributed by atoms with E-state index in [9.17, 15) is 5.11 Å². The molecule has 4 aromatic rings. The van der Waals surface area contributed by atoms with E-state index in [1.165, 1.54) is 0 Å². The maximum Gasteiger partial charge on any atom is 0.319 e. The second-order valence-corrected chi connectivity index (χ2v) is 13.7. The molecule has 3 aliphatic heterocycles. The minimum atomic E-state index is -0.877. The number of aromatic amines is 1. The molecule has 11 heteroatoms. The van der Waals surface area contributed by atoms with Crippen LogP contribution in [0.2, 0.25) is 0 Å². The molecular formula is C33H40FN7O3. The Morgan fingerprint density at radius 3 is 2.77 bits per heavy atom. The van der Waals surface area contributed by atoms with Gasteiger partial charge in [-0.1, -0.05) is 0 Å². The summed E-state index contributed by atoms with van der Waals surface area (Å²) in [5, 5.41) is 19.7. The summed E-state index contributed by atoms with van der Waals surface area (Å²) in [6, 6.07) is 2.24. The number of aryl methyl sites for hydroxylation is 1. The van der Waals surface area contributed by atoms with Crippen molar-refractivity contribution in [3.8, 4) is 17.3 Å². The van der Waals surface area contributed by atoms with Crippen molar-refractivity contribution in [2.45, 2.75) is 82.0 Å². The zero-order chi connectivity index (χ0) is 30.2. The van der Waals surface area contributed by atoms with Gasteiger partial charge in [0.25, 0.3) is 0 Å². The highest BCUT2D eigenvalue weighted by atomic mass is 19.1. The van der Waals surface area contributed by atoms with Gasteiger partial charge in [-0.15, -0.1) is 0 Å². The topological polar surface area (TPSA) is 113 Å². The Morgan fingerprint density at radius 2 is 1.98 bits per heavy atom. The first-order valence-electron chi connectivity index (χ1n) is 16.0. The fourth-order valence-corrected chi connectivity index (χ4v) is 8.12. The highest BCUT2D eigenvalue weighted by Crippen LogP contribution is 2.49. The van der Waals surface area contributed by atoms with E-state index in [1.807, 2.05) is 11.8 Å². The van der Waals surface area contributed by atoms with Crippen molar-refractivity contribution in [3.63, 3.8) is 0 Å². The molecule has 1 saturated carbocycles. The van der Waals surface area contributed by atoms with E-state index in [0.717, 1.165) is 79.2 Å². The third-order valence-corrected chi connectivity index (χ3v) is 10.4. The first-order chi connectivity index (χ1) is 21.2. The first-order valence-corrected chi connectivity index (χ1v) is 16.0. The van der Waals surface area contributed by atoms with Gasteiger partial charge < -0.3 is 19.5 Å². The van der Waals surface area contributed by atoms with Crippen LogP contribution in [-0.2, 0) is 4.74 Å². The predicted octanol–water partition coefficient (Wildman–Crippen LogP) is 4.88. The number of ether oxygens (including phenoxy) is 2. The van der Waals surface area contributed by atoms with Crippen LogP contribution in [0, 0.1) is 12.7 Å². The lowest BCUT2D eigenvalue weighted by molar-refractivity contribution is 0.0447. The van der Waals surface area contributed by atoms with Gasteiger partial charge in [-0.05, 0) is 88.4 Å². The number of hydrogen-bond donors (Lipinski definition) is 2. The summed E-state index contributed by atoms with van der Waals surface area (Å²) in [4.78, 5) is 18.8. The number of piperidine rings is 1. The zero-order valence-electron chi connectivity index (χ0n) is 25.7. The maximum atomic E-state index is 17.0. The number of anilines is 1. The van der Waals surface area contributed by atoms with Crippen LogP contribution in [-0.4, -0.2) is 92.3 Å². The van der Waals surface area contributed by atoms with E-state index in [4.69, 9.17) is 24.4 Å². The SMILES string of the molecule is CO[C@H]1CN2CCC[C@]2(COc2nc(N3CCC[C@@](C)(O)C3)c3cnc(-c4c(C5CC5)c(C)cc5[nH]ncc45)c(F)c3n2)C1. The summed E-state index contributed by atoms with van der Waals surface area (Å²) in [5.41, 5.74) is 3.33. The number of H-pyrrole nitrogens is 1. The largest absolute Gasteiger partial charge is 0.461 e. The molecular weight excluding hydrogens is 561 g/mol. The average Bonchev–Trinajstić information content (AvgIpc) is 3.43. The summed E-state index contributed by atoms with van der Waals surface area (Å²) in [6.07, 6.45) is 10.3. The molecule has 10 nitrogen and oxygen atoms in total. The molecule has 4 aliphatic rings. The van der Waals surface area contributed by atoms with Gasteiger partial charge in [-0.3, -0.25) is 15.0 Å². The minimum absolute atomic E-state index is 0.135. The van der Waals surface area contributed by atoms with Gasteiger partial charge in [-0.25, -0.2) is 4.39 Å². The van der Waals surface area contributed by atoms with E-state index >= 15 is 4.39 Å². The molecule has 4 fully saturated rings.